The second-order valence-corrected chi connectivity index (χ2v) is 6.98. The molecule has 0 N–H and O–H groups in total. The number of Topliss-reactive ketones (excluding diaryl/α,β-unsaturated/α-hetero) is 1. The van der Waals surface area contributed by atoms with Crippen LogP contribution in [0.4, 0.5) is 0 Å². The molecule has 1 aliphatic carbocycles. The van der Waals surface area contributed by atoms with Gasteiger partial charge in [-0.1, -0.05) is 12.8 Å². The second-order valence-electron chi connectivity index (χ2n) is 5.98. The van der Waals surface area contributed by atoms with Crippen LogP contribution in [-0.2, 0) is 11.2 Å². The van der Waals surface area contributed by atoms with Crippen LogP contribution in [0.15, 0.2) is 11.4 Å². The van der Waals surface area contributed by atoms with Crippen molar-refractivity contribution < 1.29 is 4.79 Å². The van der Waals surface area contributed by atoms with Crippen molar-refractivity contribution in [3.8, 4) is 0 Å². The molecule has 1 saturated carbocycles. The maximum Gasteiger partial charge on any atom is 0.137 e. The van der Waals surface area contributed by atoms with Crippen LogP contribution in [-0.4, -0.2) is 23.8 Å². The molecule has 2 nitrogen and oxygen atoms in total. The van der Waals surface area contributed by atoms with Crippen molar-refractivity contribution in [3.63, 3.8) is 0 Å². The van der Waals surface area contributed by atoms with Crippen LogP contribution in [0.25, 0.3) is 0 Å². The topological polar surface area (TPSA) is 20.3 Å². The Balaban J connectivity index is 1.68. The van der Waals surface area contributed by atoms with Gasteiger partial charge in [0.25, 0.3) is 0 Å². The Morgan fingerprint density at radius 2 is 2.21 bits per heavy atom. The zero-order valence-corrected chi connectivity index (χ0v) is 12.5. The van der Waals surface area contributed by atoms with Gasteiger partial charge in [-0.15, -0.1) is 11.3 Å². The number of ketones is 1. The average Bonchev–Trinajstić information content (AvgIpc) is 2.80. The highest BCUT2D eigenvalue weighted by atomic mass is 32.1. The maximum atomic E-state index is 12.2. The largest absolute Gasteiger partial charge is 0.299 e. The highest BCUT2D eigenvalue weighted by molar-refractivity contribution is 7.10. The Bertz CT molecular complexity index is 453. The van der Waals surface area contributed by atoms with E-state index in [0.717, 1.165) is 38.8 Å². The van der Waals surface area contributed by atoms with Gasteiger partial charge in [-0.3, -0.25) is 9.69 Å². The molecule has 1 aromatic rings. The number of nitrogens with zero attached hydrogens (tertiary/aromatic N) is 1. The molecule has 104 valence electrons. The first-order chi connectivity index (χ1) is 9.25. The van der Waals surface area contributed by atoms with Crippen molar-refractivity contribution in [2.24, 2.45) is 5.92 Å². The van der Waals surface area contributed by atoms with Gasteiger partial charge in [-0.25, -0.2) is 0 Å². The first-order valence-corrected chi connectivity index (χ1v) is 8.46. The van der Waals surface area contributed by atoms with Gasteiger partial charge in [-0.2, -0.15) is 0 Å². The van der Waals surface area contributed by atoms with E-state index in [1.807, 2.05) is 11.3 Å². The molecule has 2 unspecified atom stereocenters. The lowest BCUT2D eigenvalue weighted by Crippen LogP contribution is -2.38. The lowest BCUT2D eigenvalue weighted by atomic mass is 9.94. The molecule has 19 heavy (non-hydrogen) atoms. The molecule has 1 aliphatic heterocycles. The summed E-state index contributed by atoms with van der Waals surface area (Å²) in [6.45, 7) is 4.40. The summed E-state index contributed by atoms with van der Waals surface area (Å²) in [6.07, 6.45) is 6.68. The SMILES string of the molecule is CC1c2ccsc2CCN1CC1CCCCCC1=O. The van der Waals surface area contributed by atoms with Crippen LogP contribution in [0.3, 0.4) is 0 Å². The number of carbonyl (C=O) groups is 1. The van der Waals surface area contributed by atoms with E-state index in [4.69, 9.17) is 0 Å². The van der Waals surface area contributed by atoms with E-state index in [1.54, 1.807) is 4.88 Å². The fourth-order valence-corrected chi connectivity index (χ4v) is 4.48. The summed E-state index contributed by atoms with van der Waals surface area (Å²) < 4.78 is 0. The third-order valence-electron chi connectivity index (χ3n) is 4.79. The van der Waals surface area contributed by atoms with E-state index < -0.39 is 0 Å². The number of fused-ring (bicyclic) bond motifs is 1. The smallest absolute Gasteiger partial charge is 0.137 e. The van der Waals surface area contributed by atoms with E-state index in [9.17, 15) is 4.79 Å². The molecule has 2 heterocycles. The molecule has 0 spiro atoms. The average molecular weight is 277 g/mol. The number of rotatable bonds is 2. The minimum absolute atomic E-state index is 0.296. The van der Waals surface area contributed by atoms with Crippen molar-refractivity contribution in [2.45, 2.75) is 51.5 Å². The second kappa shape index (κ2) is 5.76. The predicted molar refractivity (Wildman–Crippen MR) is 79.6 cm³/mol. The van der Waals surface area contributed by atoms with Gasteiger partial charge in [-0.05, 0) is 43.2 Å². The van der Waals surface area contributed by atoms with Crippen molar-refractivity contribution in [2.75, 3.05) is 13.1 Å². The quantitative estimate of drug-likeness (QED) is 0.766. The Labute approximate surface area is 119 Å². The summed E-state index contributed by atoms with van der Waals surface area (Å²) in [5.41, 5.74) is 1.50. The normalized spacial score (nSPS) is 29.0. The Kier molecular flexibility index (Phi) is 4.04. The first kappa shape index (κ1) is 13.3. The summed E-state index contributed by atoms with van der Waals surface area (Å²) in [5, 5.41) is 2.21. The summed E-state index contributed by atoms with van der Waals surface area (Å²) in [6, 6.07) is 2.76. The van der Waals surface area contributed by atoms with Crippen LogP contribution in [0, 0.1) is 5.92 Å². The first-order valence-electron chi connectivity index (χ1n) is 7.58. The fraction of sp³-hybridized carbons (Fsp3) is 0.688. The molecular formula is C16H23NOS. The molecule has 1 aromatic heterocycles. The Hall–Kier alpha value is -0.670. The van der Waals surface area contributed by atoms with E-state index in [0.29, 0.717) is 17.7 Å². The Morgan fingerprint density at radius 1 is 1.32 bits per heavy atom. The molecule has 3 heteroatoms. The Morgan fingerprint density at radius 3 is 3.11 bits per heavy atom. The fourth-order valence-electron chi connectivity index (χ4n) is 3.52. The molecule has 0 saturated heterocycles. The minimum Gasteiger partial charge on any atom is -0.299 e. The van der Waals surface area contributed by atoms with Gasteiger partial charge < -0.3 is 0 Å². The zero-order chi connectivity index (χ0) is 13.2. The number of hydrogen-bond donors (Lipinski definition) is 0. The summed E-state index contributed by atoms with van der Waals surface area (Å²) in [7, 11) is 0. The highest BCUT2D eigenvalue weighted by Crippen LogP contribution is 2.34. The lowest BCUT2D eigenvalue weighted by Gasteiger charge is -2.35. The molecule has 0 radical (unpaired) electrons. The van der Waals surface area contributed by atoms with Gasteiger partial charge in [0.05, 0.1) is 0 Å². The molecule has 0 bridgehead atoms. The van der Waals surface area contributed by atoms with Crippen LogP contribution < -0.4 is 0 Å². The molecule has 3 rings (SSSR count). The third-order valence-corrected chi connectivity index (χ3v) is 5.79. The molecule has 0 aromatic carbocycles. The van der Waals surface area contributed by atoms with E-state index in [2.05, 4.69) is 23.3 Å². The molecule has 2 atom stereocenters. The van der Waals surface area contributed by atoms with Crippen LogP contribution in [0.2, 0.25) is 0 Å². The van der Waals surface area contributed by atoms with Crippen molar-refractivity contribution in [3.05, 3.63) is 21.9 Å². The van der Waals surface area contributed by atoms with E-state index in [1.165, 1.54) is 18.4 Å². The number of carbonyl (C=O) groups excluding carboxylic acids is 1. The van der Waals surface area contributed by atoms with Crippen molar-refractivity contribution in [1.82, 2.24) is 4.90 Å². The zero-order valence-electron chi connectivity index (χ0n) is 11.7. The molecular weight excluding hydrogens is 254 g/mol. The van der Waals surface area contributed by atoms with Gasteiger partial charge in [0, 0.05) is 36.3 Å². The van der Waals surface area contributed by atoms with Gasteiger partial charge in [0.2, 0.25) is 0 Å². The van der Waals surface area contributed by atoms with Gasteiger partial charge in [0.1, 0.15) is 5.78 Å². The number of thiophene rings is 1. The molecule has 0 amide bonds. The summed E-state index contributed by atoms with van der Waals surface area (Å²) in [4.78, 5) is 16.2. The van der Waals surface area contributed by atoms with Gasteiger partial charge in [0.15, 0.2) is 0 Å². The van der Waals surface area contributed by atoms with E-state index in [-0.39, 0.29) is 0 Å². The summed E-state index contributed by atoms with van der Waals surface area (Å²) in [5.74, 6) is 0.811. The highest BCUT2D eigenvalue weighted by Gasteiger charge is 2.29. The maximum absolute atomic E-state index is 12.2. The van der Waals surface area contributed by atoms with Gasteiger partial charge >= 0.3 is 0 Å². The van der Waals surface area contributed by atoms with E-state index >= 15 is 0 Å². The number of hydrogen-bond acceptors (Lipinski definition) is 3. The predicted octanol–water partition coefficient (Wildman–Crippen LogP) is 3.82. The standard InChI is InChI=1S/C16H23NOS/c1-12-14-8-10-19-16(14)7-9-17(12)11-13-5-3-2-4-6-15(13)18/h8,10,12-13H,2-7,9,11H2,1H3. The monoisotopic (exact) mass is 277 g/mol. The van der Waals surface area contributed by atoms with Crippen molar-refractivity contribution in [1.29, 1.82) is 0 Å². The molecule has 1 fully saturated rings. The van der Waals surface area contributed by atoms with Crippen LogP contribution >= 0.6 is 11.3 Å². The van der Waals surface area contributed by atoms with Crippen LogP contribution in [0.5, 0.6) is 0 Å². The lowest BCUT2D eigenvalue weighted by molar-refractivity contribution is -0.123. The summed E-state index contributed by atoms with van der Waals surface area (Å²) >= 11 is 1.89. The molecule has 2 aliphatic rings. The minimum atomic E-state index is 0.296. The van der Waals surface area contributed by atoms with Crippen molar-refractivity contribution >= 4 is 17.1 Å². The third kappa shape index (κ3) is 2.77. The van der Waals surface area contributed by atoms with Crippen LogP contribution in [0.1, 0.15) is 55.5 Å².